The molecule has 0 aliphatic rings. The Hall–Kier alpha value is -2.04. The molecule has 0 aliphatic carbocycles. The SMILES string of the molecule is COC(=O)CC(NC=O)c1ccc(OC)cc1. The van der Waals surface area contributed by atoms with E-state index in [4.69, 9.17) is 4.74 Å². The Labute approximate surface area is 99.7 Å². The molecule has 1 rings (SSSR count). The van der Waals surface area contributed by atoms with Crippen molar-refractivity contribution in [1.82, 2.24) is 5.32 Å². The van der Waals surface area contributed by atoms with Gasteiger partial charge in [0, 0.05) is 0 Å². The number of nitrogens with one attached hydrogen (secondary N) is 1. The van der Waals surface area contributed by atoms with Crippen molar-refractivity contribution in [2.75, 3.05) is 14.2 Å². The zero-order chi connectivity index (χ0) is 12.7. The van der Waals surface area contributed by atoms with Crippen LogP contribution in [0.3, 0.4) is 0 Å². The molecule has 0 radical (unpaired) electrons. The summed E-state index contributed by atoms with van der Waals surface area (Å²) >= 11 is 0. The van der Waals surface area contributed by atoms with Crippen molar-refractivity contribution < 1.29 is 19.1 Å². The number of ether oxygens (including phenoxy) is 2. The first-order chi connectivity index (χ1) is 8.21. The van der Waals surface area contributed by atoms with E-state index in [2.05, 4.69) is 10.1 Å². The van der Waals surface area contributed by atoms with E-state index in [1.807, 2.05) is 0 Å². The first kappa shape index (κ1) is 13.0. The van der Waals surface area contributed by atoms with Gasteiger partial charge in [-0.15, -0.1) is 0 Å². The summed E-state index contributed by atoms with van der Waals surface area (Å²) in [5.41, 5.74) is 0.823. The monoisotopic (exact) mass is 237 g/mol. The van der Waals surface area contributed by atoms with Crippen molar-refractivity contribution in [1.29, 1.82) is 0 Å². The predicted octanol–water partition coefficient (Wildman–Crippen LogP) is 1.05. The summed E-state index contributed by atoms with van der Waals surface area (Å²) in [4.78, 5) is 21.7. The zero-order valence-corrected chi connectivity index (χ0v) is 9.80. The predicted molar refractivity (Wildman–Crippen MR) is 61.6 cm³/mol. The molecule has 1 aromatic rings. The van der Waals surface area contributed by atoms with Crippen LogP contribution < -0.4 is 10.1 Å². The third kappa shape index (κ3) is 3.79. The van der Waals surface area contributed by atoms with Crippen LogP contribution in [-0.2, 0) is 14.3 Å². The van der Waals surface area contributed by atoms with Crippen molar-refractivity contribution in [3.63, 3.8) is 0 Å². The van der Waals surface area contributed by atoms with Gasteiger partial charge < -0.3 is 14.8 Å². The molecule has 1 unspecified atom stereocenters. The van der Waals surface area contributed by atoms with Gasteiger partial charge in [-0.2, -0.15) is 0 Å². The fraction of sp³-hybridized carbons (Fsp3) is 0.333. The smallest absolute Gasteiger partial charge is 0.307 e. The molecule has 0 aliphatic heterocycles. The molecule has 17 heavy (non-hydrogen) atoms. The fourth-order valence-corrected chi connectivity index (χ4v) is 1.44. The Bertz CT molecular complexity index is 375. The summed E-state index contributed by atoms with van der Waals surface area (Å²) in [6.07, 6.45) is 0.666. The van der Waals surface area contributed by atoms with Gasteiger partial charge in [0.2, 0.25) is 6.41 Å². The maximum atomic E-state index is 11.2. The Kier molecular flexibility index (Phi) is 5.00. The fourth-order valence-electron chi connectivity index (χ4n) is 1.44. The number of hydrogen-bond acceptors (Lipinski definition) is 4. The van der Waals surface area contributed by atoms with E-state index in [0.29, 0.717) is 6.41 Å². The molecule has 0 saturated carbocycles. The van der Waals surface area contributed by atoms with Crippen LogP contribution in [0.1, 0.15) is 18.0 Å². The Morgan fingerprint density at radius 3 is 2.47 bits per heavy atom. The molecule has 0 bridgehead atoms. The lowest BCUT2D eigenvalue weighted by molar-refractivity contribution is -0.141. The van der Waals surface area contributed by atoms with Crippen LogP contribution in [0.5, 0.6) is 5.75 Å². The van der Waals surface area contributed by atoms with Crippen LogP contribution in [0.4, 0.5) is 0 Å². The normalized spacial score (nSPS) is 11.4. The number of carbonyl (C=O) groups excluding carboxylic acids is 2. The lowest BCUT2D eigenvalue weighted by Gasteiger charge is -2.15. The highest BCUT2D eigenvalue weighted by molar-refractivity contribution is 5.70. The Morgan fingerprint density at radius 2 is 2.00 bits per heavy atom. The molecule has 0 saturated heterocycles. The highest BCUT2D eigenvalue weighted by atomic mass is 16.5. The Balaban J connectivity index is 2.80. The molecule has 5 heteroatoms. The van der Waals surface area contributed by atoms with Gasteiger partial charge in [0.1, 0.15) is 5.75 Å². The molecule has 0 heterocycles. The second-order valence-electron chi connectivity index (χ2n) is 3.39. The van der Waals surface area contributed by atoms with Crippen LogP contribution >= 0.6 is 0 Å². The van der Waals surface area contributed by atoms with Gasteiger partial charge in [-0.25, -0.2) is 0 Å². The van der Waals surface area contributed by atoms with E-state index in [9.17, 15) is 9.59 Å². The number of carbonyl (C=O) groups is 2. The van der Waals surface area contributed by atoms with Crippen molar-refractivity contribution in [2.24, 2.45) is 0 Å². The summed E-state index contributed by atoms with van der Waals surface area (Å²) in [5, 5.41) is 2.58. The topological polar surface area (TPSA) is 64.6 Å². The van der Waals surface area contributed by atoms with Crippen molar-refractivity contribution in [2.45, 2.75) is 12.5 Å². The van der Waals surface area contributed by atoms with Gasteiger partial charge in [0.15, 0.2) is 0 Å². The largest absolute Gasteiger partial charge is 0.497 e. The van der Waals surface area contributed by atoms with Gasteiger partial charge in [-0.05, 0) is 17.7 Å². The van der Waals surface area contributed by atoms with Gasteiger partial charge in [0.25, 0.3) is 0 Å². The second kappa shape index (κ2) is 6.52. The molecule has 1 aromatic carbocycles. The van der Waals surface area contributed by atoms with Crippen LogP contribution in [0, 0.1) is 0 Å². The van der Waals surface area contributed by atoms with E-state index in [1.165, 1.54) is 7.11 Å². The molecule has 0 fully saturated rings. The maximum Gasteiger partial charge on any atom is 0.307 e. The lowest BCUT2D eigenvalue weighted by Crippen LogP contribution is -2.23. The Morgan fingerprint density at radius 1 is 1.35 bits per heavy atom. The minimum Gasteiger partial charge on any atom is -0.497 e. The number of rotatable bonds is 6. The van der Waals surface area contributed by atoms with E-state index in [0.717, 1.165) is 11.3 Å². The minimum absolute atomic E-state index is 0.0988. The second-order valence-corrected chi connectivity index (χ2v) is 3.39. The van der Waals surface area contributed by atoms with Gasteiger partial charge in [-0.3, -0.25) is 9.59 Å². The average Bonchev–Trinajstić information content (AvgIpc) is 2.38. The third-order valence-electron chi connectivity index (χ3n) is 2.39. The third-order valence-corrected chi connectivity index (χ3v) is 2.39. The van der Waals surface area contributed by atoms with Gasteiger partial charge in [-0.1, -0.05) is 12.1 Å². The molecule has 0 aromatic heterocycles. The first-order valence-electron chi connectivity index (χ1n) is 5.11. The molecular formula is C12H15NO4. The highest BCUT2D eigenvalue weighted by Crippen LogP contribution is 2.20. The number of hydrogen-bond donors (Lipinski definition) is 1. The number of benzene rings is 1. The quantitative estimate of drug-likeness (QED) is 0.593. The van der Waals surface area contributed by atoms with Crippen molar-refractivity contribution in [3.8, 4) is 5.75 Å². The summed E-state index contributed by atoms with van der Waals surface area (Å²) < 4.78 is 9.60. The lowest BCUT2D eigenvalue weighted by atomic mass is 10.0. The molecule has 1 N–H and O–H groups in total. The summed E-state index contributed by atoms with van der Waals surface area (Å²) in [6.45, 7) is 0. The van der Waals surface area contributed by atoms with Crippen molar-refractivity contribution >= 4 is 12.4 Å². The van der Waals surface area contributed by atoms with E-state index in [1.54, 1.807) is 31.4 Å². The van der Waals surface area contributed by atoms with E-state index in [-0.39, 0.29) is 18.4 Å². The van der Waals surface area contributed by atoms with Crippen LogP contribution in [0.25, 0.3) is 0 Å². The average molecular weight is 237 g/mol. The molecular weight excluding hydrogens is 222 g/mol. The van der Waals surface area contributed by atoms with Crippen LogP contribution in [-0.4, -0.2) is 26.6 Å². The molecule has 0 spiro atoms. The van der Waals surface area contributed by atoms with Crippen LogP contribution in [0.15, 0.2) is 24.3 Å². The molecule has 1 atom stereocenters. The molecule has 1 amide bonds. The van der Waals surface area contributed by atoms with E-state index < -0.39 is 0 Å². The molecule has 92 valence electrons. The first-order valence-corrected chi connectivity index (χ1v) is 5.11. The van der Waals surface area contributed by atoms with Crippen molar-refractivity contribution in [3.05, 3.63) is 29.8 Å². The highest BCUT2D eigenvalue weighted by Gasteiger charge is 2.15. The maximum absolute atomic E-state index is 11.2. The zero-order valence-electron chi connectivity index (χ0n) is 9.80. The van der Waals surface area contributed by atoms with Gasteiger partial charge >= 0.3 is 5.97 Å². The van der Waals surface area contributed by atoms with Gasteiger partial charge in [0.05, 0.1) is 26.7 Å². The summed E-state index contributed by atoms with van der Waals surface area (Å²) in [6, 6.07) is 6.75. The summed E-state index contributed by atoms with van der Waals surface area (Å²) in [7, 11) is 2.89. The van der Waals surface area contributed by atoms with Crippen LogP contribution in [0.2, 0.25) is 0 Å². The summed E-state index contributed by atoms with van der Waals surface area (Å²) in [5.74, 6) is 0.344. The minimum atomic E-state index is -0.383. The van der Waals surface area contributed by atoms with E-state index >= 15 is 0 Å². The standard InChI is InChI=1S/C12H15NO4/c1-16-10-5-3-9(4-6-10)11(13-8-14)7-12(15)17-2/h3-6,8,11H,7H2,1-2H3,(H,13,14). The molecule has 5 nitrogen and oxygen atoms in total. The number of methoxy groups -OCH3 is 2. The number of amides is 1. The number of esters is 1.